The first-order valence-electron chi connectivity index (χ1n) is 6.96. The number of rotatable bonds is 5. The minimum atomic E-state index is 0.108. The maximum absolute atomic E-state index is 6.07. The highest BCUT2D eigenvalue weighted by atomic mass is 35.5. The van der Waals surface area contributed by atoms with Gasteiger partial charge in [-0.1, -0.05) is 0 Å². The SMILES string of the molecule is Cc1c(CC(C)N)sc2c(NCc3cnc[nH]3)nc(Cl)nc12. The molecule has 0 aliphatic carbocycles. The molecule has 0 bridgehead atoms. The van der Waals surface area contributed by atoms with Crippen molar-refractivity contribution in [1.82, 2.24) is 19.9 Å². The lowest BCUT2D eigenvalue weighted by Crippen LogP contribution is -2.17. The number of aromatic amines is 1. The van der Waals surface area contributed by atoms with Crippen molar-refractivity contribution < 1.29 is 0 Å². The lowest BCUT2D eigenvalue weighted by Gasteiger charge is -2.05. The minimum absolute atomic E-state index is 0.108. The quantitative estimate of drug-likeness (QED) is 0.623. The highest BCUT2D eigenvalue weighted by Gasteiger charge is 2.16. The van der Waals surface area contributed by atoms with Crippen molar-refractivity contribution in [2.24, 2.45) is 5.73 Å². The van der Waals surface area contributed by atoms with E-state index in [9.17, 15) is 0 Å². The van der Waals surface area contributed by atoms with Crippen molar-refractivity contribution in [2.45, 2.75) is 32.9 Å². The first-order chi connectivity index (χ1) is 10.5. The number of aromatic nitrogens is 4. The average Bonchev–Trinajstić information content (AvgIpc) is 3.07. The van der Waals surface area contributed by atoms with Gasteiger partial charge in [-0.2, -0.15) is 4.98 Å². The molecule has 8 heteroatoms. The molecule has 3 heterocycles. The molecule has 0 spiro atoms. The van der Waals surface area contributed by atoms with E-state index in [2.05, 4.69) is 32.2 Å². The lowest BCUT2D eigenvalue weighted by molar-refractivity contribution is 0.744. The van der Waals surface area contributed by atoms with Crippen LogP contribution in [0.25, 0.3) is 10.2 Å². The summed E-state index contributed by atoms with van der Waals surface area (Å²) in [7, 11) is 0. The first-order valence-corrected chi connectivity index (χ1v) is 8.16. The molecule has 22 heavy (non-hydrogen) atoms. The van der Waals surface area contributed by atoms with Gasteiger partial charge in [-0.3, -0.25) is 0 Å². The van der Waals surface area contributed by atoms with E-state index in [-0.39, 0.29) is 11.3 Å². The topological polar surface area (TPSA) is 92.5 Å². The Morgan fingerprint density at radius 2 is 2.27 bits per heavy atom. The third-order valence-electron chi connectivity index (χ3n) is 3.35. The molecule has 1 atom stereocenters. The van der Waals surface area contributed by atoms with Crippen LogP contribution in [0.4, 0.5) is 5.82 Å². The summed E-state index contributed by atoms with van der Waals surface area (Å²) in [4.78, 5) is 17.0. The highest BCUT2D eigenvalue weighted by molar-refractivity contribution is 7.19. The molecular weight excluding hydrogens is 320 g/mol. The van der Waals surface area contributed by atoms with Gasteiger partial charge >= 0.3 is 0 Å². The largest absolute Gasteiger partial charge is 0.363 e. The number of anilines is 1. The average molecular weight is 337 g/mol. The smallest absolute Gasteiger partial charge is 0.224 e. The summed E-state index contributed by atoms with van der Waals surface area (Å²) in [6.45, 7) is 4.65. The van der Waals surface area contributed by atoms with E-state index in [4.69, 9.17) is 17.3 Å². The molecule has 0 fully saturated rings. The standard InChI is InChI=1S/C14H17ClN6S/c1-7(16)3-10-8(2)11-12(22-10)13(21-14(15)20-11)18-5-9-4-17-6-19-9/h4,6-7H,3,5,16H2,1-2H3,(H,17,19)(H,18,20,21). The van der Waals surface area contributed by atoms with Crippen molar-refractivity contribution in [3.05, 3.63) is 33.9 Å². The Morgan fingerprint density at radius 3 is 2.95 bits per heavy atom. The van der Waals surface area contributed by atoms with Crippen LogP contribution in [0.2, 0.25) is 5.28 Å². The number of imidazole rings is 1. The molecule has 1 unspecified atom stereocenters. The number of hydrogen-bond donors (Lipinski definition) is 3. The van der Waals surface area contributed by atoms with Gasteiger partial charge in [0.2, 0.25) is 5.28 Å². The van der Waals surface area contributed by atoms with Crippen LogP contribution in [0.1, 0.15) is 23.1 Å². The number of fused-ring (bicyclic) bond motifs is 1. The number of H-pyrrole nitrogens is 1. The number of thiophene rings is 1. The molecule has 0 saturated heterocycles. The molecule has 0 amide bonds. The fraction of sp³-hybridized carbons (Fsp3) is 0.357. The van der Waals surface area contributed by atoms with Gasteiger partial charge in [-0.25, -0.2) is 9.97 Å². The Balaban J connectivity index is 1.98. The van der Waals surface area contributed by atoms with Crippen molar-refractivity contribution in [3.63, 3.8) is 0 Å². The maximum Gasteiger partial charge on any atom is 0.224 e. The van der Waals surface area contributed by atoms with E-state index in [1.165, 1.54) is 4.88 Å². The Bertz CT molecular complexity index is 780. The summed E-state index contributed by atoms with van der Waals surface area (Å²) in [5, 5.41) is 3.54. The molecule has 0 saturated carbocycles. The summed E-state index contributed by atoms with van der Waals surface area (Å²) in [6.07, 6.45) is 4.24. The molecule has 0 aliphatic heterocycles. The zero-order valence-electron chi connectivity index (χ0n) is 12.4. The van der Waals surface area contributed by atoms with Gasteiger partial charge in [0, 0.05) is 17.1 Å². The molecular formula is C14H17ClN6S. The van der Waals surface area contributed by atoms with Crippen LogP contribution >= 0.6 is 22.9 Å². The number of aryl methyl sites for hydroxylation is 1. The Morgan fingerprint density at radius 1 is 1.45 bits per heavy atom. The van der Waals surface area contributed by atoms with E-state index in [0.717, 1.165) is 33.7 Å². The number of nitrogens with two attached hydrogens (primary N) is 1. The summed E-state index contributed by atoms with van der Waals surface area (Å²) in [5.74, 6) is 0.744. The van der Waals surface area contributed by atoms with Crippen molar-refractivity contribution in [3.8, 4) is 0 Å². The van der Waals surface area contributed by atoms with Crippen LogP contribution in [-0.2, 0) is 13.0 Å². The van der Waals surface area contributed by atoms with Crippen LogP contribution in [0.15, 0.2) is 12.5 Å². The van der Waals surface area contributed by atoms with Crippen molar-refractivity contribution >= 4 is 39.0 Å². The minimum Gasteiger partial charge on any atom is -0.363 e. The highest BCUT2D eigenvalue weighted by Crippen LogP contribution is 2.35. The summed E-state index contributed by atoms with van der Waals surface area (Å²) in [6, 6.07) is 0.108. The summed E-state index contributed by atoms with van der Waals surface area (Å²) >= 11 is 7.74. The number of nitrogens with zero attached hydrogens (tertiary/aromatic N) is 3. The van der Waals surface area contributed by atoms with Gasteiger partial charge in [-0.05, 0) is 37.4 Å². The van der Waals surface area contributed by atoms with Gasteiger partial charge in [0.1, 0.15) is 5.82 Å². The second kappa shape index (κ2) is 6.20. The molecule has 0 aromatic carbocycles. The monoisotopic (exact) mass is 336 g/mol. The van der Waals surface area contributed by atoms with E-state index >= 15 is 0 Å². The maximum atomic E-state index is 6.07. The van der Waals surface area contributed by atoms with E-state index in [1.807, 2.05) is 6.92 Å². The zero-order valence-corrected chi connectivity index (χ0v) is 13.9. The van der Waals surface area contributed by atoms with Crippen molar-refractivity contribution in [1.29, 1.82) is 0 Å². The normalized spacial score (nSPS) is 12.7. The predicted molar refractivity (Wildman–Crippen MR) is 90.4 cm³/mol. The second-order valence-corrected chi connectivity index (χ2v) is 6.72. The number of nitrogens with one attached hydrogen (secondary N) is 2. The van der Waals surface area contributed by atoms with Gasteiger partial charge in [0.25, 0.3) is 0 Å². The van der Waals surface area contributed by atoms with Crippen LogP contribution in [-0.4, -0.2) is 26.0 Å². The van der Waals surface area contributed by atoms with E-state index in [1.54, 1.807) is 23.9 Å². The van der Waals surface area contributed by atoms with Gasteiger partial charge in [-0.15, -0.1) is 11.3 Å². The summed E-state index contributed by atoms with van der Waals surface area (Å²) < 4.78 is 1.01. The van der Waals surface area contributed by atoms with Gasteiger partial charge in [0.05, 0.1) is 28.8 Å². The van der Waals surface area contributed by atoms with Crippen LogP contribution in [0, 0.1) is 6.92 Å². The molecule has 3 rings (SSSR count). The second-order valence-electron chi connectivity index (χ2n) is 5.28. The van der Waals surface area contributed by atoms with E-state index in [0.29, 0.717) is 6.54 Å². The molecule has 3 aromatic rings. The third kappa shape index (κ3) is 3.06. The molecule has 0 radical (unpaired) electrons. The first kappa shape index (κ1) is 15.2. The lowest BCUT2D eigenvalue weighted by atomic mass is 10.1. The molecule has 3 aromatic heterocycles. The summed E-state index contributed by atoms with van der Waals surface area (Å²) in [5.41, 5.74) is 8.93. The van der Waals surface area contributed by atoms with Gasteiger partial charge in [0.15, 0.2) is 0 Å². The fourth-order valence-corrected chi connectivity index (χ4v) is 3.79. The van der Waals surface area contributed by atoms with Crippen molar-refractivity contribution in [2.75, 3.05) is 5.32 Å². The van der Waals surface area contributed by atoms with Crippen LogP contribution < -0.4 is 11.1 Å². The van der Waals surface area contributed by atoms with Gasteiger partial charge < -0.3 is 16.0 Å². The fourth-order valence-electron chi connectivity index (χ4n) is 2.27. The van der Waals surface area contributed by atoms with Crippen LogP contribution in [0.5, 0.6) is 0 Å². The molecule has 6 nitrogen and oxygen atoms in total. The molecule has 116 valence electrons. The predicted octanol–water partition coefficient (Wildman–Crippen LogP) is 2.88. The Hall–Kier alpha value is -1.70. The Labute approximate surface area is 137 Å². The zero-order chi connectivity index (χ0) is 15.7. The molecule has 4 N–H and O–H groups in total. The Kier molecular flexibility index (Phi) is 4.28. The molecule has 0 aliphatic rings. The third-order valence-corrected chi connectivity index (χ3v) is 4.82. The van der Waals surface area contributed by atoms with Crippen LogP contribution in [0.3, 0.4) is 0 Å². The number of hydrogen-bond acceptors (Lipinski definition) is 6. The van der Waals surface area contributed by atoms with E-state index < -0.39 is 0 Å². The number of halogens is 1.